The zero-order valence-electron chi connectivity index (χ0n) is 35.1. The molecule has 0 N–H and O–H groups in total. The summed E-state index contributed by atoms with van der Waals surface area (Å²) in [5.41, 5.74) is 20.2. The highest BCUT2D eigenvalue weighted by molar-refractivity contribution is 6.84. The van der Waals surface area contributed by atoms with Gasteiger partial charge >= 0.3 is 6.85 Å². The van der Waals surface area contributed by atoms with Crippen LogP contribution in [0.15, 0.2) is 206 Å². The zero-order valence-corrected chi connectivity index (χ0v) is 35.1. The van der Waals surface area contributed by atoms with Gasteiger partial charge < -0.3 is 14.3 Å². The summed E-state index contributed by atoms with van der Waals surface area (Å²) >= 11 is 0. The van der Waals surface area contributed by atoms with Gasteiger partial charge in [0.1, 0.15) is 0 Å². The molecule has 9 aromatic rings. The third kappa shape index (κ3) is 4.84. The monoisotopic (exact) mass is 793 g/mol. The standard InChI is InChI=1S/C58H44BN3/c1-57(2)50-35-40(29-30-54(50)62-53-28-15-12-24-45(53)44-23-10-13-26-51(44)59(57)62)38-17-16-18-39(33-38)41-31-32-58(3)49(34-41)48-37-55-47(36-56(48)61(58)43-21-8-5-9-22-43)46-25-11-14-27-52(46)60(55)42-19-6-4-7-20-42/h4-37,49H,1-3H3. The van der Waals surface area contributed by atoms with Crippen molar-refractivity contribution < 1.29 is 0 Å². The maximum atomic E-state index is 2.60. The van der Waals surface area contributed by atoms with E-state index in [0.717, 1.165) is 0 Å². The maximum absolute atomic E-state index is 2.60. The quantitative estimate of drug-likeness (QED) is 0.164. The van der Waals surface area contributed by atoms with Crippen LogP contribution < -0.4 is 15.2 Å². The molecule has 2 unspecified atom stereocenters. The van der Waals surface area contributed by atoms with E-state index >= 15 is 0 Å². The Morgan fingerprint density at radius 1 is 0.500 bits per heavy atom. The first-order valence-electron chi connectivity index (χ1n) is 22.0. The molecular weight excluding hydrogens is 749 g/mol. The van der Waals surface area contributed by atoms with Crippen molar-refractivity contribution in [1.29, 1.82) is 0 Å². The molecule has 1 aromatic heterocycles. The molecule has 4 heterocycles. The number of rotatable bonds is 4. The van der Waals surface area contributed by atoms with Crippen molar-refractivity contribution in [3.63, 3.8) is 0 Å². The molecule has 0 radical (unpaired) electrons. The Morgan fingerprint density at radius 3 is 2.03 bits per heavy atom. The van der Waals surface area contributed by atoms with E-state index in [9.17, 15) is 0 Å². The predicted octanol–water partition coefficient (Wildman–Crippen LogP) is 13.9. The molecule has 0 bridgehead atoms. The molecule has 3 nitrogen and oxygen atoms in total. The van der Waals surface area contributed by atoms with Gasteiger partial charge in [0.2, 0.25) is 0 Å². The number of hydrogen-bond acceptors (Lipinski definition) is 2. The van der Waals surface area contributed by atoms with Crippen LogP contribution in [0.3, 0.4) is 0 Å². The Balaban J connectivity index is 0.934. The average molecular weight is 794 g/mol. The first-order chi connectivity index (χ1) is 30.4. The number of aromatic nitrogens is 1. The van der Waals surface area contributed by atoms with Gasteiger partial charge in [-0.05, 0) is 123 Å². The van der Waals surface area contributed by atoms with Crippen molar-refractivity contribution in [2.45, 2.75) is 37.5 Å². The van der Waals surface area contributed by atoms with E-state index in [4.69, 9.17) is 0 Å². The molecule has 4 aliphatic rings. The second kappa shape index (κ2) is 12.9. The fourth-order valence-electron chi connectivity index (χ4n) is 11.8. The van der Waals surface area contributed by atoms with Gasteiger partial charge in [-0.25, -0.2) is 0 Å². The number of allylic oxidation sites excluding steroid dienone is 2. The van der Waals surface area contributed by atoms with Crippen LogP contribution in [0.2, 0.25) is 0 Å². The van der Waals surface area contributed by atoms with Crippen molar-refractivity contribution in [2.24, 2.45) is 0 Å². The number of fused-ring (bicyclic) bond motifs is 14. The Kier molecular flexibility index (Phi) is 7.36. The van der Waals surface area contributed by atoms with E-state index in [1.807, 2.05) is 0 Å². The van der Waals surface area contributed by atoms with Crippen molar-refractivity contribution in [1.82, 2.24) is 4.57 Å². The minimum atomic E-state index is -0.300. The molecule has 0 fully saturated rings. The van der Waals surface area contributed by atoms with Crippen LogP contribution in [-0.4, -0.2) is 17.0 Å². The molecule has 294 valence electrons. The van der Waals surface area contributed by atoms with Crippen LogP contribution >= 0.6 is 0 Å². The van der Waals surface area contributed by atoms with Crippen molar-refractivity contribution in [3.8, 4) is 27.9 Å². The fourth-order valence-corrected chi connectivity index (χ4v) is 11.8. The lowest BCUT2D eigenvalue weighted by Crippen LogP contribution is -2.55. The Morgan fingerprint density at radius 2 is 1.19 bits per heavy atom. The lowest BCUT2D eigenvalue weighted by atomic mass is 9.37. The van der Waals surface area contributed by atoms with E-state index < -0.39 is 0 Å². The van der Waals surface area contributed by atoms with Crippen LogP contribution in [0.5, 0.6) is 0 Å². The molecule has 13 rings (SSSR count). The third-order valence-corrected chi connectivity index (χ3v) is 14.6. The van der Waals surface area contributed by atoms with Crippen LogP contribution in [0.4, 0.5) is 22.7 Å². The fraction of sp³-hybridized carbons (Fsp3) is 0.103. The van der Waals surface area contributed by atoms with Crippen LogP contribution in [0.25, 0.3) is 55.3 Å². The topological polar surface area (TPSA) is 11.4 Å². The summed E-state index contributed by atoms with van der Waals surface area (Å²) in [6, 6.07) is 69.9. The number of anilines is 4. The van der Waals surface area contributed by atoms with E-state index in [-0.39, 0.29) is 23.6 Å². The molecule has 0 spiro atoms. The van der Waals surface area contributed by atoms with Gasteiger partial charge in [0, 0.05) is 50.7 Å². The summed E-state index contributed by atoms with van der Waals surface area (Å²) in [4.78, 5) is 5.19. The molecular formula is C58H44BN3. The summed E-state index contributed by atoms with van der Waals surface area (Å²) in [5, 5.41) is 2.43. The van der Waals surface area contributed by atoms with E-state index in [1.165, 1.54) is 100 Å². The Labute approximate surface area is 363 Å². The number of para-hydroxylation sites is 4. The van der Waals surface area contributed by atoms with Crippen molar-refractivity contribution >= 4 is 62.4 Å². The number of hydrogen-bond donors (Lipinski definition) is 0. The van der Waals surface area contributed by atoms with Crippen LogP contribution in [-0.2, 0) is 5.31 Å². The molecule has 2 atom stereocenters. The average Bonchev–Trinajstić information content (AvgIpc) is 3.87. The zero-order chi connectivity index (χ0) is 41.3. The Hall–Kier alpha value is -7.30. The molecule has 3 aliphatic heterocycles. The van der Waals surface area contributed by atoms with Gasteiger partial charge in [-0.3, -0.25) is 0 Å². The van der Waals surface area contributed by atoms with Gasteiger partial charge in [-0.15, -0.1) is 0 Å². The lowest BCUT2D eigenvalue weighted by molar-refractivity contribution is 0.544. The van der Waals surface area contributed by atoms with Gasteiger partial charge in [0.15, 0.2) is 0 Å². The van der Waals surface area contributed by atoms with Gasteiger partial charge in [0.05, 0.1) is 16.6 Å². The maximum Gasteiger partial charge on any atom is 0.304 e. The van der Waals surface area contributed by atoms with E-state index in [0.29, 0.717) is 0 Å². The van der Waals surface area contributed by atoms with Gasteiger partial charge in [0.25, 0.3) is 0 Å². The normalized spacial score (nSPS) is 18.9. The molecule has 8 aromatic carbocycles. The first kappa shape index (κ1) is 35.5. The smallest absolute Gasteiger partial charge is 0.304 e. The summed E-state index contributed by atoms with van der Waals surface area (Å²) < 4.78 is 2.45. The van der Waals surface area contributed by atoms with Crippen molar-refractivity contribution in [3.05, 3.63) is 223 Å². The molecule has 0 saturated heterocycles. The van der Waals surface area contributed by atoms with E-state index in [2.05, 4.69) is 241 Å². The molecule has 62 heavy (non-hydrogen) atoms. The second-order valence-corrected chi connectivity index (χ2v) is 18.4. The minimum Gasteiger partial charge on any atom is -0.380 e. The van der Waals surface area contributed by atoms with Crippen LogP contribution in [0.1, 0.15) is 43.4 Å². The van der Waals surface area contributed by atoms with E-state index in [1.54, 1.807) is 0 Å². The minimum absolute atomic E-state index is 0.107. The lowest BCUT2D eigenvalue weighted by Gasteiger charge is -2.40. The van der Waals surface area contributed by atoms with Gasteiger partial charge in [-0.1, -0.05) is 153 Å². The summed E-state index contributed by atoms with van der Waals surface area (Å²) in [5.74, 6) is 0.122. The van der Waals surface area contributed by atoms with Crippen LogP contribution in [0, 0.1) is 0 Å². The first-order valence-corrected chi connectivity index (χ1v) is 22.0. The molecule has 1 aliphatic carbocycles. The second-order valence-electron chi connectivity index (χ2n) is 18.4. The molecule has 0 amide bonds. The predicted molar refractivity (Wildman–Crippen MR) is 262 cm³/mol. The number of benzene rings is 8. The summed E-state index contributed by atoms with van der Waals surface area (Å²) in [6.45, 7) is 7.50. The molecule has 0 saturated carbocycles. The summed E-state index contributed by atoms with van der Waals surface area (Å²) in [6.07, 6.45) is 7.38. The third-order valence-electron chi connectivity index (χ3n) is 14.6. The SMILES string of the molecule is CC1(C)B2c3ccccc3-c3ccccc3N2c2ccc(-c3cccc(C4=CC5c6cc7c(cc6N(c6ccccc6)C5(C)C=C4)c4ccccc4n7-c4ccccc4)c3)cc21. The summed E-state index contributed by atoms with van der Waals surface area (Å²) in [7, 11) is 0. The highest BCUT2D eigenvalue weighted by Gasteiger charge is 2.53. The molecule has 4 heteroatoms. The van der Waals surface area contributed by atoms with Gasteiger partial charge in [-0.2, -0.15) is 0 Å². The number of nitrogens with zero attached hydrogens (tertiary/aromatic N) is 3. The highest BCUT2D eigenvalue weighted by Crippen LogP contribution is 2.57. The highest BCUT2D eigenvalue weighted by atomic mass is 15.2. The largest absolute Gasteiger partial charge is 0.380 e. The van der Waals surface area contributed by atoms with Crippen molar-refractivity contribution in [2.75, 3.05) is 9.71 Å². The Bertz CT molecular complexity index is 3380.